The Hall–Kier alpha value is -3.12. The Labute approximate surface area is 193 Å². The predicted octanol–water partition coefficient (Wildman–Crippen LogP) is 6.39. The maximum atomic E-state index is 13.0. The normalized spacial score (nSPS) is 16.4. The molecule has 32 heavy (non-hydrogen) atoms. The van der Waals surface area contributed by atoms with Gasteiger partial charge in [0.25, 0.3) is 5.89 Å². The lowest BCUT2D eigenvalue weighted by molar-refractivity contribution is 0.204. The Morgan fingerprint density at radius 1 is 1.12 bits per heavy atom. The Morgan fingerprint density at radius 2 is 1.94 bits per heavy atom. The molecule has 2 aromatic carbocycles. The van der Waals surface area contributed by atoms with Gasteiger partial charge in [0, 0.05) is 22.8 Å². The fourth-order valence-corrected chi connectivity index (χ4v) is 4.22. The first-order chi connectivity index (χ1) is 15.5. The van der Waals surface area contributed by atoms with Crippen LogP contribution in [0, 0.1) is 6.92 Å². The highest BCUT2D eigenvalue weighted by Crippen LogP contribution is 2.38. The number of benzene rings is 2. The highest BCUT2D eigenvalue weighted by Gasteiger charge is 2.35. The van der Waals surface area contributed by atoms with Gasteiger partial charge in [-0.25, -0.2) is 4.79 Å². The molecule has 0 aliphatic carbocycles. The number of carbonyl (C=O) groups is 1. The fourth-order valence-electron chi connectivity index (χ4n) is 4.02. The molecule has 0 fully saturated rings. The number of nitrogens with zero attached hydrogens (tertiary/aromatic N) is 3. The third-order valence-corrected chi connectivity index (χ3v) is 5.93. The number of allylic oxidation sites excluding steroid dienone is 1. The van der Waals surface area contributed by atoms with Crippen molar-refractivity contribution in [3.8, 4) is 11.4 Å². The molecular formula is C25H27ClN4O2. The zero-order chi connectivity index (χ0) is 22.7. The summed E-state index contributed by atoms with van der Waals surface area (Å²) in [5, 5.41) is 7.94. The minimum atomic E-state index is -0.436. The number of halogens is 1. The topological polar surface area (TPSA) is 71.3 Å². The smallest absolute Gasteiger partial charge is 0.322 e. The number of amides is 2. The van der Waals surface area contributed by atoms with E-state index in [2.05, 4.69) is 17.4 Å². The molecule has 2 heterocycles. The minimum Gasteiger partial charge on any atom is -0.334 e. The van der Waals surface area contributed by atoms with Gasteiger partial charge in [-0.2, -0.15) is 4.98 Å². The van der Waals surface area contributed by atoms with Crippen LogP contribution >= 0.6 is 11.6 Å². The highest BCUT2D eigenvalue weighted by molar-refractivity contribution is 6.30. The molecule has 6 nitrogen and oxygen atoms in total. The van der Waals surface area contributed by atoms with Crippen molar-refractivity contribution in [1.29, 1.82) is 0 Å². The maximum Gasteiger partial charge on any atom is 0.322 e. The van der Waals surface area contributed by atoms with Gasteiger partial charge in [-0.05, 0) is 44.0 Å². The standard InChI is InChI=1S/C25H27ClN4O2/c1-4-5-6-13-30-17(3)21(22(27-25(30)31)18-10-8-12-20(26)15-18)24-28-23(29-32-24)19-11-7-9-16(2)14-19/h7-12,14-15,22H,4-6,13H2,1-3H3,(H,27,31). The molecule has 1 N–H and O–H groups in total. The molecule has 1 atom stereocenters. The number of aromatic nitrogens is 2. The molecule has 0 bridgehead atoms. The molecule has 3 aromatic rings. The Balaban J connectivity index is 1.78. The van der Waals surface area contributed by atoms with E-state index in [1.807, 2.05) is 62.4 Å². The van der Waals surface area contributed by atoms with E-state index in [9.17, 15) is 4.79 Å². The molecule has 1 unspecified atom stereocenters. The number of unbranched alkanes of at least 4 members (excludes halogenated alkanes) is 2. The van der Waals surface area contributed by atoms with Crippen LogP contribution in [0.4, 0.5) is 4.79 Å². The second-order valence-electron chi connectivity index (χ2n) is 8.09. The number of nitrogens with one attached hydrogen (secondary N) is 1. The monoisotopic (exact) mass is 450 g/mol. The number of carbonyl (C=O) groups excluding carboxylic acids is 1. The van der Waals surface area contributed by atoms with E-state index in [-0.39, 0.29) is 6.03 Å². The van der Waals surface area contributed by atoms with E-state index in [1.165, 1.54) is 0 Å². The minimum absolute atomic E-state index is 0.134. The molecule has 166 valence electrons. The van der Waals surface area contributed by atoms with Gasteiger partial charge in [0.2, 0.25) is 5.82 Å². The van der Waals surface area contributed by atoms with Gasteiger partial charge in [0.05, 0.1) is 11.6 Å². The first-order valence-corrected chi connectivity index (χ1v) is 11.3. The number of urea groups is 1. The van der Waals surface area contributed by atoms with Crippen LogP contribution in [0.5, 0.6) is 0 Å². The van der Waals surface area contributed by atoms with Crippen molar-refractivity contribution < 1.29 is 9.32 Å². The molecule has 1 aliphatic rings. The molecule has 0 radical (unpaired) electrons. The third-order valence-electron chi connectivity index (χ3n) is 5.70. The van der Waals surface area contributed by atoms with Gasteiger partial charge in [0.1, 0.15) is 0 Å². The Bertz CT molecular complexity index is 1150. The lowest BCUT2D eigenvalue weighted by Crippen LogP contribution is -2.46. The number of rotatable bonds is 7. The zero-order valence-corrected chi connectivity index (χ0v) is 19.3. The summed E-state index contributed by atoms with van der Waals surface area (Å²) in [4.78, 5) is 19.5. The largest absolute Gasteiger partial charge is 0.334 e. The summed E-state index contributed by atoms with van der Waals surface area (Å²) in [5.41, 5.74) is 4.47. The van der Waals surface area contributed by atoms with Crippen molar-refractivity contribution in [3.05, 3.63) is 76.3 Å². The van der Waals surface area contributed by atoms with Crippen LogP contribution in [0.1, 0.15) is 56.2 Å². The van der Waals surface area contributed by atoms with Crippen molar-refractivity contribution in [2.24, 2.45) is 0 Å². The summed E-state index contributed by atoms with van der Waals surface area (Å²) < 4.78 is 5.73. The lowest BCUT2D eigenvalue weighted by Gasteiger charge is -2.35. The predicted molar refractivity (Wildman–Crippen MR) is 126 cm³/mol. The molecule has 0 saturated carbocycles. The highest BCUT2D eigenvalue weighted by atomic mass is 35.5. The summed E-state index contributed by atoms with van der Waals surface area (Å²) >= 11 is 6.25. The van der Waals surface area contributed by atoms with Crippen molar-refractivity contribution in [1.82, 2.24) is 20.4 Å². The van der Waals surface area contributed by atoms with Gasteiger partial charge in [-0.15, -0.1) is 0 Å². The molecule has 0 saturated heterocycles. The fraction of sp³-hybridized carbons (Fsp3) is 0.320. The van der Waals surface area contributed by atoms with E-state index >= 15 is 0 Å². The molecule has 1 aliphatic heterocycles. The zero-order valence-electron chi connectivity index (χ0n) is 18.6. The summed E-state index contributed by atoms with van der Waals surface area (Å²) in [6.07, 6.45) is 3.07. The first kappa shape index (κ1) is 22.1. The van der Waals surface area contributed by atoms with Gasteiger partial charge in [-0.1, -0.05) is 72.4 Å². The van der Waals surface area contributed by atoms with Crippen LogP contribution in [-0.4, -0.2) is 27.6 Å². The van der Waals surface area contributed by atoms with Gasteiger partial charge in [0.15, 0.2) is 0 Å². The lowest BCUT2D eigenvalue weighted by atomic mass is 9.94. The number of hydrogen-bond donors (Lipinski definition) is 1. The van der Waals surface area contributed by atoms with Crippen LogP contribution in [0.25, 0.3) is 17.0 Å². The average Bonchev–Trinajstić information content (AvgIpc) is 3.25. The molecule has 4 rings (SSSR count). The Kier molecular flexibility index (Phi) is 6.61. The molecule has 7 heteroatoms. The second kappa shape index (κ2) is 9.57. The van der Waals surface area contributed by atoms with Crippen LogP contribution < -0.4 is 5.32 Å². The van der Waals surface area contributed by atoms with Gasteiger partial charge < -0.3 is 9.84 Å². The second-order valence-corrected chi connectivity index (χ2v) is 8.52. The Morgan fingerprint density at radius 3 is 2.69 bits per heavy atom. The van der Waals surface area contributed by atoms with Crippen LogP contribution in [0.15, 0.2) is 58.8 Å². The van der Waals surface area contributed by atoms with Gasteiger partial charge in [-0.3, -0.25) is 4.90 Å². The summed E-state index contributed by atoms with van der Waals surface area (Å²) in [7, 11) is 0. The molecule has 2 amide bonds. The summed E-state index contributed by atoms with van der Waals surface area (Å²) in [6, 6.07) is 14.9. The number of hydrogen-bond acceptors (Lipinski definition) is 4. The van der Waals surface area contributed by atoms with Gasteiger partial charge >= 0.3 is 6.03 Å². The van der Waals surface area contributed by atoms with Crippen molar-refractivity contribution in [2.75, 3.05) is 6.54 Å². The first-order valence-electron chi connectivity index (χ1n) is 10.9. The third kappa shape index (κ3) is 4.55. The van der Waals surface area contributed by atoms with Crippen molar-refractivity contribution in [2.45, 2.75) is 46.1 Å². The quantitative estimate of drug-likeness (QED) is 0.423. The molecule has 0 spiro atoms. The van der Waals surface area contributed by atoms with Crippen LogP contribution in [0.2, 0.25) is 5.02 Å². The summed E-state index contributed by atoms with van der Waals surface area (Å²) in [6.45, 7) is 6.74. The van der Waals surface area contributed by atoms with E-state index < -0.39 is 6.04 Å². The van der Waals surface area contributed by atoms with Crippen molar-refractivity contribution in [3.63, 3.8) is 0 Å². The molecule has 1 aromatic heterocycles. The van der Waals surface area contributed by atoms with E-state index in [4.69, 9.17) is 21.1 Å². The van der Waals surface area contributed by atoms with E-state index in [0.717, 1.165) is 47.2 Å². The van der Waals surface area contributed by atoms with E-state index in [1.54, 1.807) is 4.90 Å². The van der Waals surface area contributed by atoms with Crippen molar-refractivity contribution >= 4 is 23.2 Å². The summed E-state index contributed by atoms with van der Waals surface area (Å²) in [5.74, 6) is 0.910. The maximum absolute atomic E-state index is 13.0. The SMILES string of the molecule is CCCCCN1C(=O)NC(c2cccc(Cl)c2)C(c2nc(-c3cccc(C)c3)no2)=C1C. The van der Waals surface area contributed by atoms with Crippen LogP contribution in [0.3, 0.4) is 0 Å². The van der Waals surface area contributed by atoms with Crippen LogP contribution in [-0.2, 0) is 0 Å². The van der Waals surface area contributed by atoms with E-state index in [0.29, 0.717) is 23.3 Å². The number of aryl methyl sites for hydroxylation is 1. The average molecular weight is 451 g/mol. The molecular weight excluding hydrogens is 424 g/mol.